The fourth-order valence-corrected chi connectivity index (χ4v) is 8.17. The first-order valence-electron chi connectivity index (χ1n) is 17.5. The second kappa shape index (κ2) is 17.8. The van der Waals surface area contributed by atoms with Crippen LogP contribution >= 0.6 is 11.8 Å². The molecule has 2 fully saturated rings. The number of aromatic nitrogens is 6. The van der Waals surface area contributed by atoms with Gasteiger partial charge < -0.3 is 33.7 Å². The fraction of sp³-hybridized carbons (Fsp3) is 0.444. The number of anilines is 1. The number of halogens is 3. The Bertz CT molecular complexity index is 2100. The number of benzene rings is 2. The Labute approximate surface area is 327 Å². The SMILES string of the molecule is COC1C(S[C@@H]2COC[C@H](n3cc(-c4cccc(NC(C)=O)c4)nn3)[C@H]2OC(C)=O)OC(COC(C)=O)C(OC(C)=O)C1n1cc(-c2cc(F)c(F)c(F)c2)nn1. The summed E-state index contributed by atoms with van der Waals surface area (Å²) in [6, 6.07) is 6.78. The van der Waals surface area contributed by atoms with Crippen LogP contribution in [0.15, 0.2) is 48.8 Å². The molecule has 0 aliphatic carbocycles. The molecule has 0 saturated carbocycles. The third kappa shape index (κ3) is 9.60. The van der Waals surface area contributed by atoms with Gasteiger partial charge in [-0.1, -0.05) is 22.6 Å². The van der Waals surface area contributed by atoms with Gasteiger partial charge in [-0.25, -0.2) is 22.5 Å². The average molecular weight is 818 g/mol. The van der Waals surface area contributed by atoms with Crippen molar-refractivity contribution in [2.75, 3.05) is 32.2 Å². The highest BCUT2D eigenvalue weighted by Gasteiger charge is 2.52. The number of carbonyl (C=O) groups is 4. The number of methoxy groups -OCH3 is 1. The standard InChI is InChI=1S/C36H38F3N7O10S/c1-17(47)40-23-8-6-7-21(9-23)26-12-45(43-41-26)28-14-52-16-30(33(28)54-19(3)49)57-36-35(51-5)32(34(55-20(4)50)29(56-36)15-53-18(2)48)46-13-27(42-44-46)22-10-24(37)31(39)25(38)11-22/h6-13,28-30,32-36H,14-16H2,1-5H3,(H,40,47)/t28-,29?,30+,32?,33+,34?,35?,36?/m0/s1. The van der Waals surface area contributed by atoms with Crippen LogP contribution in [0.2, 0.25) is 0 Å². The monoisotopic (exact) mass is 817 g/mol. The van der Waals surface area contributed by atoms with Crippen LogP contribution < -0.4 is 5.32 Å². The summed E-state index contributed by atoms with van der Waals surface area (Å²) in [6.45, 7) is 4.79. The van der Waals surface area contributed by atoms with Crippen LogP contribution in [0.3, 0.4) is 0 Å². The molecule has 2 aromatic carbocycles. The quantitative estimate of drug-likeness (QED) is 0.123. The molecule has 2 saturated heterocycles. The van der Waals surface area contributed by atoms with Crippen molar-refractivity contribution in [3.8, 4) is 22.5 Å². The van der Waals surface area contributed by atoms with E-state index in [0.29, 0.717) is 16.9 Å². The largest absolute Gasteiger partial charge is 0.463 e. The van der Waals surface area contributed by atoms with E-state index in [4.69, 9.17) is 28.4 Å². The molecule has 0 spiro atoms. The summed E-state index contributed by atoms with van der Waals surface area (Å²) in [5, 5.41) is 18.9. The van der Waals surface area contributed by atoms with Crippen molar-refractivity contribution in [1.29, 1.82) is 0 Å². The zero-order chi connectivity index (χ0) is 41.0. The van der Waals surface area contributed by atoms with Gasteiger partial charge in [0.15, 0.2) is 23.6 Å². The summed E-state index contributed by atoms with van der Waals surface area (Å²) in [7, 11) is 1.37. The molecule has 1 amide bonds. The van der Waals surface area contributed by atoms with Crippen molar-refractivity contribution in [1.82, 2.24) is 30.0 Å². The Kier molecular flexibility index (Phi) is 12.9. The maximum absolute atomic E-state index is 14.2. The van der Waals surface area contributed by atoms with Gasteiger partial charge in [-0.05, 0) is 24.3 Å². The fourth-order valence-electron chi connectivity index (χ4n) is 6.62. The van der Waals surface area contributed by atoms with Crippen LogP contribution in [0.5, 0.6) is 0 Å². The van der Waals surface area contributed by atoms with Crippen molar-refractivity contribution in [2.24, 2.45) is 0 Å². The van der Waals surface area contributed by atoms with Crippen LogP contribution in [0.4, 0.5) is 18.9 Å². The van der Waals surface area contributed by atoms with Crippen LogP contribution in [0.25, 0.3) is 22.5 Å². The van der Waals surface area contributed by atoms with Crippen molar-refractivity contribution in [2.45, 2.75) is 74.9 Å². The number of esters is 3. The van der Waals surface area contributed by atoms with Gasteiger partial charge in [-0.15, -0.1) is 22.0 Å². The first-order valence-corrected chi connectivity index (χ1v) is 18.4. The second-order valence-electron chi connectivity index (χ2n) is 13.1. The maximum Gasteiger partial charge on any atom is 0.303 e. The lowest BCUT2D eigenvalue weighted by molar-refractivity contribution is -0.208. The topological polar surface area (TPSA) is 197 Å². The lowest BCUT2D eigenvalue weighted by atomic mass is 9.96. The van der Waals surface area contributed by atoms with Crippen molar-refractivity contribution in [3.05, 3.63) is 66.2 Å². The Morgan fingerprint density at radius 3 is 2.14 bits per heavy atom. The third-order valence-corrected chi connectivity index (χ3v) is 10.4. The minimum absolute atomic E-state index is 0.0519. The number of ether oxygens (including phenoxy) is 6. The summed E-state index contributed by atoms with van der Waals surface area (Å²) in [5.41, 5.74) is 0.524. The normalized spacial score (nSPS) is 24.7. The van der Waals surface area contributed by atoms with Crippen LogP contribution in [-0.4, -0.2) is 116 Å². The third-order valence-electron chi connectivity index (χ3n) is 8.99. The zero-order valence-electron chi connectivity index (χ0n) is 31.2. The Balaban J connectivity index is 1.33. The molecule has 0 bridgehead atoms. The predicted octanol–water partition coefficient (Wildman–Crippen LogP) is 3.66. The smallest absolute Gasteiger partial charge is 0.303 e. The second-order valence-corrected chi connectivity index (χ2v) is 14.5. The molecular formula is C36H38F3N7O10S. The molecule has 21 heteroatoms. The Hall–Kier alpha value is -5.38. The van der Waals surface area contributed by atoms with Crippen LogP contribution in [0, 0.1) is 17.5 Å². The molecule has 2 aromatic heterocycles. The molecular weight excluding hydrogens is 779 g/mol. The van der Waals surface area contributed by atoms with Crippen molar-refractivity contribution < 1.29 is 60.8 Å². The molecule has 1 N–H and O–H groups in total. The first-order chi connectivity index (χ1) is 27.2. The molecule has 4 aromatic rings. The van der Waals surface area contributed by atoms with E-state index in [-0.39, 0.29) is 37.0 Å². The predicted molar refractivity (Wildman–Crippen MR) is 193 cm³/mol. The molecule has 4 heterocycles. The summed E-state index contributed by atoms with van der Waals surface area (Å²) in [6.07, 6.45) is -1.28. The van der Waals surface area contributed by atoms with E-state index >= 15 is 0 Å². The Morgan fingerprint density at radius 1 is 0.842 bits per heavy atom. The van der Waals surface area contributed by atoms with Gasteiger partial charge in [0.1, 0.15) is 53.8 Å². The van der Waals surface area contributed by atoms with E-state index in [1.807, 2.05) is 0 Å². The van der Waals surface area contributed by atoms with Gasteiger partial charge in [0.25, 0.3) is 0 Å². The van der Waals surface area contributed by atoms with E-state index in [1.165, 1.54) is 55.2 Å². The summed E-state index contributed by atoms with van der Waals surface area (Å²) in [4.78, 5) is 48.6. The van der Waals surface area contributed by atoms with Crippen molar-refractivity contribution >= 4 is 41.3 Å². The minimum Gasteiger partial charge on any atom is -0.463 e. The average Bonchev–Trinajstić information content (AvgIpc) is 3.85. The number of nitrogens with one attached hydrogen (secondary N) is 1. The molecule has 8 atom stereocenters. The number of amides is 1. The van der Waals surface area contributed by atoms with Crippen LogP contribution in [0.1, 0.15) is 39.8 Å². The molecule has 0 radical (unpaired) electrons. The van der Waals surface area contributed by atoms with Crippen LogP contribution in [-0.2, 0) is 47.6 Å². The number of rotatable bonds is 12. The van der Waals surface area contributed by atoms with E-state index < -0.39 is 82.5 Å². The number of carbonyl (C=O) groups excluding carboxylic acids is 4. The molecule has 304 valence electrons. The number of hydrogen-bond donors (Lipinski definition) is 1. The molecule has 6 rings (SSSR count). The molecule has 2 aliphatic heterocycles. The Morgan fingerprint density at radius 2 is 1.49 bits per heavy atom. The van der Waals surface area contributed by atoms with Gasteiger partial charge >= 0.3 is 17.9 Å². The van der Waals surface area contributed by atoms with Crippen molar-refractivity contribution in [3.63, 3.8) is 0 Å². The van der Waals surface area contributed by atoms with Gasteiger partial charge in [-0.2, -0.15) is 0 Å². The summed E-state index contributed by atoms with van der Waals surface area (Å²) < 4.78 is 80.3. The van der Waals surface area contributed by atoms with E-state index in [1.54, 1.807) is 30.5 Å². The highest BCUT2D eigenvalue weighted by Crippen LogP contribution is 2.43. The van der Waals surface area contributed by atoms with Gasteiger partial charge in [-0.3, -0.25) is 19.2 Å². The lowest BCUT2D eigenvalue weighted by Gasteiger charge is -2.46. The summed E-state index contributed by atoms with van der Waals surface area (Å²) in [5.74, 6) is -6.73. The van der Waals surface area contributed by atoms with Gasteiger partial charge in [0, 0.05) is 51.6 Å². The number of nitrogens with zero attached hydrogens (tertiary/aromatic N) is 6. The van der Waals surface area contributed by atoms with E-state index in [2.05, 4.69) is 25.9 Å². The number of hydrogen-bond acceptors (Lipinski definition) is 15. The van der Waals surface area contributed by atoms with E-state index in [9.17, 15) is 32.3 Å². The molecule has 57 heavy (non-hydrogen) atoms. The van der Waals surface area contributed by atoms with E-state index in [0.717, 1.165) is 19.1 Å². The molecule has 2 aliphatic rings. The number of thioether (sulfide) groups is 1. The van der Waals surface area contributed by atoms with Gasteiger partial charge in [0.05, 0.1) is 30.9 Å². The minimum atomic E-state index is -1.66. The maximum atomic E-state index is 14.2. The molecule has 5 unspecified atom stereocenters. The highest BCUT2D eigenvalue weighted by atomic mass is 32.2. The summed E-state index contributed by atoms with van der Waals surface area (Å²) >= 11 is 1.17. The highest BCUT2D eigenvalue weighted by molar-refractivity contribution is 8.00. The lowest BCUT2D eigenvalue weighted by Crippen LogP contribution is -2.58. The zero-order valence-corrected chi connectivity index (χ0v) is 32.0. The first kappa shape index (κ1) is 41.3. The molecule has 17 nitrogen and oxygen atoms in total. The van der Waals surface area contributed by atoms with Gasteiger partial charge in [0.2, 0.25) is 5.91 Å².